The lowest BCUT2D eigenvalue weighted by molar-refractivity contribution is -0.133. The van der Waals surface area contributed by atoms with E-state index in [1.807, 2.05) is 36.1 Å². The molecule has 2 fully saturated rings. The van der Waals surface area contributed by atoms with Gasteiger partial charge in [0, 0.05) is 48.3 Å². The molecular formula is C27H36ClN5O2. The third-order valence-electron chi connectivity index (χ3n) is 8.01. The molecule has 1 amide bonds. The van der Waals surface area contributed by atoms with Crippen molar-refractivity contribution in [2.45, 2.75) is 76.0 Å². The highest BCUT2D eigenvalue weighted by Crippen LogP contribution is 2.46. The van der Waals surface area contributed by atoms with Crippen LogP contribution in [-0.4, -0.2) is 63.6 Å². The summed E-state index contributed by atoms with van der Waals surface area (Å²) < 4.78 is 0. The molecule has 0 radical (unpaired) electrons. The molecule has 1 aromatic heterocycles. The minimum absolute atomic E-state index is 0.0274. The van der Waals surface area contributed by atoms with Crippen LogP contribution in [0.4, 0.5) is 5.82 Å². The number of aromatic nitrogens is 2. The van der Waals surface area contributed by atoms with Crippen LogP contribution in [0.15, 0.2) is 30.6 Å². The molecule has 2 saturated heterocycles. The lowest BCUT2D eigenvalue weighted by atomic mass is 9.88. The lowest BCUT2D eigenvalue weighted by Crippen LogP contribution is -2.53. The average molecular weight is 498 g/mol. The molecule has 0 bridgehead atoms. The lowest BCUT2D eigenvalue weighted by Gasteiger charge is -2.39. The van der Waals surface area contributed by atoms with E-state index in [9.17, 15) is 9.90 Å². The number of rotatable bonds is 4. The highest BCUT2D eigenvalue weighted by Gasteiger charge is 2.43. The average Bonchev–Trinajstić information content (AvgIpc) is 3.30. The van der Waals surface area contributed by atoms with Crippen molar-refractivity contribution in [1.29, 1.82) is 0 Å². The van der Waals surface area contributed by atoms with Crippen LogP contribution in [0.1, 0.15) is 75.6 Å². The number of benzene rings is 1. The van der Waals surface area contributed by atoms with E-state index >= 15 is 0 Å². The molecule has 3 aliphatic rings. The topological polar surface area (TPSA) is 81.6 Å². The molecule has 1 aromatic carbocycles. The number of nitrogens with one attached hydrogen (secondary N) is 1. The number of fused-ring (bicyclic) bond motifs is 1. The van der Waals surface area contributed by atoms with Gasteiger partial charge in [-0.1, -0.05) is 30.7 Å². The number of carbonyl (C=O) groups is 1. The second-order valence-corrected chi connectivity index (χ2v) is 11.8. The summed E-state index contributed by atoms with van der Waals surface area (Å²) in [5.74, 6) is 1.04. The highest BCUT2D eigenvalue weighted by atomic mass is 35.5. The largest absolute Gasteiger partial charge is 0.384 e. The minimum atomic E-state index is -0.919. The van der Waals surface area contributed by atoms with Crippen molar-refractivity contribution in [3.8, 4) is 0 Å². The molecule has 1 aliphatic carbocycles. The van der Waals surface area contributed by atoms with Gasteiger partial charge in [-0.15, -0.1) is 0 Å². The van der Waals surface area contributed by atoms with Crippen molar-refractivity contribution >= 4 is 23.3 Å². The van der Waals surface area contributed by atoms with Crippen LogP contribution < -0.4 is 10.2 Å². The van der Waals surface area contributed by atoms with E-state index in [0.717, 1.165) is 35.5 Å². The molecule has 0 spiro atoms. The van der Waals surface area contributed by atoms with Gasteiger partial charge in [-0.05, 0) is 63.6 Å². The fourth-order valence-electron chi connectivity index (χ4n) is 6.28. The normalized spacial score (nSPS) is 28.7. The monoisotopic (exact) mass is 497 g/mol. The fraction of sp³-hybridized carbons (Fsp3) is 0.593. The summed E-state index contributed by atoms with van der Waals surface area (Å²) in [5, 5.41) is 15.2. The zero-order valence-corrected chi connectivity index (χ0v) is 21.8. The van der Waals surface area contributed by atoms with Crippen LogP contribution in [0.3, 0.4) is 0 Å². The summed E-state index contributed by atoms with van der Waals surface area (Å²) in [4.78, 5) is 27.2. The Morgan fingerprint density at radius 3 is 2.46 bits per heavy atom. The molecule has 35 heavy (non-hydrogen) atoms. The number of nitrogens with zero attached hydrogens (tertiary/aromatic N) is 4. The second-order valence-electron chi connectivity index (χ2n) is 11.4. The van der Waals surface area contributed by atoms with Gasteiger partial charge in [0.15, 0.2) is 0 Å². The first-order valence-electron chi connectivity index (χ1n) is 12.7. The summed E-state index contributed by atoms with van der Waals surface area (Å²) in [6.45, 7) is 11.1. The van der Waals surface area contributed by atoms with E-state index in [0.29, 0.717) is 37.6 Å². The standard InChI is InChI=1S/C27H36ClN5O2/c1-17-15-27(4,35)23-21(17)24(30-16-29-23)32-11-13-33(14-12-32)25(34)22(18-5-7-19(28)8-6-18)20-9-10-26(2,3)31-20/h5-8,16-17,20,22,31,35H,9-15H2,1-4H3/t17-,20?,22?,27-/m1/s1. The van der Waals surface area contributed by atoms with Crippen molar-refractivity contribution in [3.63, 3.8) is 0 Å². The Morgan fingerprint density at radius 1 is 1.14 bits per heavy atom. The smallest absolute Gasteiger partial charge is 0.231 e. The van der Waals surface area contributed by atoms with Gasteiger partial charge < -0.3 is 20.2 Å². The van der Waals surface area contributed by atoms with E-state index in [2.05, 4.69) is 41.0 Å². The summed E-state index contributed by atoms with van der Waals surface area (Å²) in [5.41, 5.74) is 1.92. The maximum Gasteiger partial charge on any atom is 0.231 e. The van der Waals surface area contributed by atoms with E-state index in [-0.39, 0.29) is 29.3 Å². The molecular weight excluding hydrogens is 462 g/mol. The molecule has 7 nitrogen and oxygen atoms in total. The van der Waals surface area contributed by atoms with Gasteiger partial charge in [-0.3, -0.25) is 4.79 Å². The van der Waals surface area contributed by atoms with Crippen molar-refractivity contribution < 1.29 is 9.90 Å². The molecule has 2 unspecified atom stereocenters. The summed E-state index contributed by atoms with van der Waals surface area (Å²) in [6.07, 6.45) is 4.22. The molecule has 5 rings (SSSR count). The predicted octanol–water partition coefficient (Wildman–Crippen LogP) is 3.81. The Hall–Kier alpha value is -2.22. The number of halogens is 1. The Bertz CT molecular complexity index is 1100. The molecule has 188 valence electrons. The molecule has 2 aliphatic heterocycles. The van der Waals surface area contributed by atoms with Gasteiger partial charge in [0.25, 0.3) is 0 Å². The van der Waals surface area contributed by atoms with Crippen molar-refractivity contribution in [2.75, 3.05) is 31.1 Å². The fourth-order valence-corrected chi connectivity index (χ4v) is 6.41. The number of anilines is 1. The number of piperazine rings is 1. The van der Waals surface area contributed by atoms with Crippen molar-refractivity contribution in [1.82, 2.24) is 20.2 Å². The van der Waals surface area contributed by atoms with E-state index < -0.39 is 5.60 Å². The summed E-state index contributed by atoms with van der Waals surface area (Å²) in [7, 11) is 0. The molecule has 8 heteroatoms. The first-order chi connectivity index (χ1) is 16.6. The van der Waals surface area contributed by atoms with Crippen LogP contribution in [0.5, 0.6) is 0 Å². The quantitative estimate of drug-likeness (QED) is 0.668. The second kappa shape index (κ2) is 9.02. The Labute approximate surface area is 212 Å². The van der Waals surface area contributed by atoms with Gasteiger partial charge in [-0.2, -0.15) is 0 Å². The molecule has 2 N–H and O–H groups in total. The third-order valence-corrected chi connectivity index (χ3v) is 8.27. The summed E-state index contributed by atoms with van der Waals surface area (Å²) >= 11 is 6.15. The van der Waals surface area contributed by atoms with E-state index in [1.54, 1.807) is 6.33 Å². The Kier molecular flexibility index (Phi) is 6.31. The van der Waals surface area contributed by atoms with Crippen molar-refractivity contribution in [2.24, 2.45) is 0 Å². The molecule has 0 saturated carbocycles. The van der Waals surface area contributed by atoms with Crippen LogP contribution in [0.2, 0.25) is 5.02 Å². The van der Waals surface area contributed by atoms with Gasteiger partial charge in [0.05, 0.1) is 11.6 Å². The number of aliphatic hydroxyl groups is 1. The predicted molar refractivity (Wildman–Crippen MR) is 138 cm³/mol. The number of hydrogen-bond acceptors (Lipinski definition) is 6. The molecule has 3 heterocycles. The van der Waals surface area contributed by atoms with Crippen molar-refractivity contribution in [3.05, 3.63) is 52.4 Å². The maximum atomic E-state index is 13.9. The van der Waals surface area contributed by atoms with Gasteiger partial charge in [0.1, 0.15) is 17.7 Å². The number of amides is 1. The first-order valence-corrected chi connectivity index (χ1v) is 13.1. The minimum Gasteiger partial charge on any atom is -0.384 e. The zero-order valence-electron chi connectivity index (χ0n) is 21.1. The van der Waals surface area contributed by atoms with Gasteiger partial charge in [-0.25, -0.2) is 9.97 Å². The van der Waals surface area contributed by atoms with Gasteiger partial charge >= 0.3 is 0 Å². The van der Waals surface area contributed by atoms with Crippen LogP contribution in [-0.2, 0) is 10.4 Å². The number of hydrogen-bond donors (Lipinski definition) is 2. The van der Waals surface area contributed by atoms with E-state index in [1.165, 1.54) is 0 Å². The zero-order chi connectivity index (χ0) is 25.0. The third kappa shape index (κ3) is 4.66. The maximum absolute atomic E-state index is 13.9. The highest BCUT2D eigenvalue weighted by molar-refractivity contribution is 6.30. The van der Waals surface area contributed by atoms with Crippen LogP contribution in [0, 0.1) is 0 Å². The van der Waals surface area contributed by atoms with Crippen LogP contribution >= 0.6 is 11.6 Å². The van der Waals surface area contributed by atoms with E-state index in [4.69, 9.17) is 11.6 Å². The van der Waals surface area contributed by atoms with Crippen LogP contribution in [0.25, 0.3) is 0 Å². The molecule has 2 aromatic rings. The summed E-state index contributed by atoms with van der Waals surface area (Å²) in [6, 6.07) is 7.84. The Balaban J connectivity index is 1.34. The molecule has 4 atom stereocenters. The van der Waals surface area contributed by atoms with Gasteiger partial charge in [0.2, 0.25) is 5.91 Å². The Morgan fingerprint density at radius 2 is 1.83 bits per heavy atom. The number of carbonyl (C=O) groups excluding carboxylic acids is 1. The first kappa shape index (κ1) is 24.5. The SMILES string of the molecule is C[C@@H]1C[C@@](C)(O)c2ncnc(N3CCN(C(=O)C(c4ccc(Cl)cc4)C4CCC(C)(C)N4)CC3)c21.